The van der Waals surface area contributed by atoms with Gasteiger partial charge in [-0.1, -0.05) is 41.7 Å². The van der Waals surface area contributed by atoms with Gasteiger partial charge in [0.1, 0.15) is 5.75 Å². The summed E-state index contributed by atoms with van der Waals surface area (Å²) in [4.78, 5) is 19.4. The molecule has 3 aromatic rings. The van der Waals surface area contributed by atoms with Gasteiger partial charge in [-0.3, -0.25) is 4.79 Å². The number of thiazole rings is 1. The Labute approximate surface area is 144 Å². The molecule has 0 bridgehead atoms. The number of rotatable bonds is 3. The summed E-state index contributed by atoms with van der Waals surface area (Å²) in [6, 6.07) is 17.4. The van der Waals surface area contributed by atoms with Crippen molar-refractivity contribution in [1.29, 1.82) is 0 Å². The lowest BCUT2D eigenvalue weighted by Gasteiger charge is -2.31. The molecule has 1 fully saturated rings. The molecule has 0 radical (unpaired) electrons. The van der Waals surface area contributed by atoms with Gasteiger partial charge in [-0.2, -0.15) is 0 Å². The van der Waals surface area contributed by atoms with Crippen LogP contribution in [0, 0.1) is 5.92 Å². The van der Waals surface area contributed by atoms with E-state index >= 15 is 0 Å². The van der Waals surface area contributed by atoms with E-state index in [2.05, 4.69) is 11.0 Å². The number of fused-ring (bicyclic) bond motifs is 1. The first-order chi connectivity index (χ1) is 11.8. The topological polar surface area (TPSA) is 42.4 Å². The van der Waals surface area contributed by atoms with Crippen LogP contribution in [-0.4, -0.2) is 24.0 Å². The highest BCUT2D eigenvalue weighted by atomic mass is 32.1. The van der Waals surface area contributed by atoms with Gasteiger partial charge in [0.05, 0.1) is 16.1 Å². The second-order valence-corrected chi connectivity index (χ2v) is 6.99. The Morgan fingerprint density at radius 1 is 1.12 bits per heavy atom. The molecule has 1 aromatic heterocycles. The molecule has 0 amide bonds. The molecule has 0 aliphatic carbocycles. The van der Waals surface area contributed by atoms with Gasteiger partial charge < -0.3 is 9.64 Å². The SMILES string of the molecule is O=C(Oc1ccccc1)[C@H]1CCCN(c2nc3ccccc3s2)C1. The van der Waals surface area contributed by atoms with Crippen LogP contribution in [0.15, 0.2) is 54.6 Å². The number of hydrogen-bond donors (Lipinski definition) is 0. The quantitative estimate of drug-likeness (QED) is 0.532. The van der Waals surface area contributed by atoms with Gasteiger partial charge in [-0.25, -0.2) is 4.98 Å². The maximum absolute atomic E-state index is 12.5. The zero-order valence-corrected chi connectivity index (χ0v) is 14.0. The fraction of sp³-hybridized carbons (Fsp3) is 0.263. The third-order valence-electron chi connectivity index (χ3n) is 4.27. The number of esters is 1. The van der Waals surface area contributed by atoms with E-state index in [1.54, 1.807) is 11.3 Å². The van der Waals surface area contributed by atoms with Crippen LogP contribution in [0.2, 0.25) is 0 Å². The minimum absolute atomic E-state index is 0.106. The standard InChI is InChI=1S/C19H18N2O2S/c22-18(23-15-8-2-1-3-9-15)14-7-6-12-21(13-14)19-20-16-10-4-5-11-17(16)24-19/h1-5,8-11,14H,6-7,12-13H2/t14-/m0/s1. The van der Waals surface area contributed by atoms with Gasteiger partial charge in [-0.15, -0.1) is 0 Å². The van der Waals surface area contributed by atoms with Crippen molar-refractivity contribution in [3.8, 4) is 5.75 Å². The van der Waals surface area contributed by atoms with Crippen molar-refractivity contribution in [2.45, 2.75) is 12.8 Å². The average Bonchev–Trinajstić information content (AvgIpc) is 3.07. The Bertz CT molecular complexity index is 814. The molecule has 1 atom stereocenters. The van der Waals surface area contributed by atoms with Gasteiger partial charge >= 0.3 is 5.97 Å². The number of hydrogen-bond acceptors (Lipinski definition) is 5. The Balaban J connectivity index is 1.48. The van der Waals surface area contributed by atoms with E-state index in [9.17, 15) is 4.79 Å². The van der Waals surface area contributed by atoms with Gasteiger partial charge in [0.15, 0.2) is 5.13 Å². The van der Waals surface area contributed by atoms with Crippen molar-refractivity contribution in [1.82, 2.24) is 4.98 Å². The molecule has 0 saturated carbocycles. The highest BCUT2D eigenvalue weighted by Crippen LogP contribution is 2.31. The summed E-state index contributed by atoms with van der Waals surface area (Å²) in [7, 11) is 0. The van der Waals surface area contributed by atoms with Crippen molar-refractivity contribution in [3.05, 3.63) is 54.6 Å². The molecular formula is C19H18N2O2S. The first-order valence-corrected chi connectivity index (χ1v) is 8.98. The second-order valence-electron chi connectivity index (χ2n) is 5.98. The zero-order valence-electron chi connectivity index (χ0n) is 13.2. The smallest absolute Gasteiger partial charge is 0.316 e. The number of benzene rings is 2. The van der Waals surface area contributed by atoms with Crippen LogP contribution in [0.1, 0.15) is 12.8 Å². The predicted octanol–water partition coefficient (Wildman–Crippen LogP) is 4.12. The first-order valence-electron chi connectivity index (χ1n) is 8.17. The van der Waals surface area contributed by atoms with Crippen molar-refractivity contribution in [2.24, 2.45) is 5.92 Å². The lowest BCUT2D eigenvalue weighted by Crippen LogP contribution is -2.40. The van der Waals surface area contributed by atoms with Crippen LogP contribution in [0.25, 0.3) is 10.2 Å². The molecule has 2 aromatic carbocycles. The van der Waals surface area contributed by atoms with Crippen LogP contribution in [0.4, 0.5) is 5.13 Å². The molecule has 1 saturated heterocycles. The van der Waals surface area contributed by atoms with Crippen molar-refractivity contribution in [3.63, 3.8) is 0 Å². The Morgan fingerprint density at radius 3 is 2.75 bits per heavy atom. The highest BCUT2D eigenvalue weighted by Gasteiger charge is 2.28. The monoisotopic (exact) mass is 338 g/mol. The summed E-state index contributed by atoms with van der Waals surface area (Å²) in [5.41, 5.74) is 1.02. The number of anilines is 1. The van der Waals surface area contributed by atoms with E-state index in [0.29, 0.717) is 12.3 Å². The largest absolute Gasteiger partial charge is 0.426 e. The summed E-state index contributed by atoms with van der Waals surface area (Å²) in [6.45, 7) is 1.61. The van der Waals surface area contributed by atoms with Crippen LogP contribution in [0.5, 0.6) is 5.75 Å². The Morgan fingerprint density at radius 2 is 1.92 bits per heavy atom. The fourth-order valence-electron chi connectivity index (χ4n) is 3.03. The second kappa shape index (κ2) is 6.61. The van der Waals surface area contributed by atoms with E-state index in [-0.39, 0.29) is 11.9 Å². The van der Waals surface area contributed by atoms with Gasteiger partial charge in [-0.05, 0) is 37.1 Å². The molecule has 4 nitrogen and oxygen atoms in total. The van der Waals surface area contributed by atoms with Gasteiger partial charge in [0, 0.05) is 13.1 Å². The average molecular weight is 338 g/mol. The van der Waals surface area contributed by atoms with E-state index in [1.807, 2.05) is 48.5 Å². The number of ether oxygens (including phenoxy) is 1. The van der Waals surface area contributed by atoms with E-state index in [0.717, 1.165) is 30.0 Å². The normalized spacial score (nSPS) is 17.8. The molecule has 1 aliphatic rings. The summed E-state index contributed by atoms with van der Waals surface area (Å²) in [5, 5.41) is 0.994. The van der Waals surface area contributed by atoms with Gasteiger partial charge in [0.2, 0.25) is 0 Å². The number of carbonyl (C=O) groups is 1. The number of aromatic nitrogens is 1. The van der Waals surface area contributed by atoms with Gasteiger partial charge in [0.25, 0.3) is 0 Å². The maximum atomic E-state index is 12.5. The number of carbonyl (C=O) groups excluding carboxylic acids is 1. The third kappa shape index (κ3) is 3.12. The summed E-state index contributed by atoms with van der Waals surface area (Å²) in [6.07, 6.45) is 1.84. The minimum Gasteiger partial charge on any atom is -0.426 e. The first kappa shape index (κ1) is 15.1. The number of piperidine rings is 1. The molecule has 0 N–H and O–H groups in total. The van der Waals surface area contributed by atoms with E-state index < -0.39 is 0 Å². The minimum atomic E-state index is -0.146. The molecule has 0 unspecified atom stereocenters. The van der Waals surface area contributed by atoms with Crippen LogP contribution < -0.4 is 9.64 Å². The number of para-hydroxylation sites is 2. The van der Waals surface area contributed by atoms with Crippen molar-refractivity contribution in [2.75, 3.05) is 18.0 Å². The molecule has 5 heteroatoms. The Hall–Kier alpha value is -2.40. The molecule has 4 rings (SSSR count). The third-order valence-corrected chi connectivity index (χ3v) is 5.37. The maximum Gasteiger partial charge on any atom is 0.316 e. The molecule has 1 aliphatic heterocycles. The molecule has 0 spiro atoms. The predicted molar refractivity (Wildman–Crippen MR) is 96.6 cm³/mol. The molecule has 122 valence electrons. The summed E-state index contributed by atoms with van der Waals surface area (Å²) < 4.78 is 6.70. The van der Waals surface area contributed by atoms with E-state index in [1.165, 1.54) is 4.70 Å². The lowest BCUT2D eigenvalue weighted by molar-refractivity contribution is -0.139. The fourth-order valence-corrected chi connectivity index (χ4v) is 4.03. The molecular weight excluding hydrogens is 320 g/mol. The molecule has 2 heterocycles. The summed E-state index contributed by atoms with van der Waals surface area (Å²) >= 11 is 1.68. The Kier molecular flexibility index (Phi) is 4.17. The van der Waals surface area contributed by atoms with Crippen LogP contribution in [-0.2, 0) is 4.79 Å². The van der Waals surface area contributed by atoms with Crippen molar-refractivity contribution >= 4 is 32.7 Å². The zero-order chi connectivity index (χ0) is 16.4. The van der Waals surface area contributed by atoms with Crippen LogP contribution >= 0.6 is 11.3 Å². The summed E-state index contributed by atoms with van der Waals surface area (Å²) in [5.74, 6) is 0.359. The molecule has 24 heavy (non-hydrogen) atoms. The van der Waals surface area contributed by atoms with Crippen LogP contribution in [0.3, 0.4) is 0 Å². The highest BCUT2D eigenvalue weighted by molar-refractivity contribution is 7.22. The van der Waals surface area contributed by atoms with E-state index in [4.69, 9.17) is 9.72 Å². The lowest BCUT2D eigenvalue weighted by atomic mass is 9.99. The number of nitrogens with zero attached hydrogens (tertiary/aromatic N) is 2. The van der Waals surface area contributed by atoms with Crippen molar-refractivity contribution < 1.29 is 9.53 Å².